The number of fused-ring (bicyclic) bond motifs is 1. The van der Waals surface area contributed by atoms with Gasteiger partial charge in [-0.1, -0.05) is 11.6 Å². The van der Waals surface area contributed by atoms with Gasteiger partial charge in [0.05, 0.1) is 13.0 Å². The first-order valence-electron chi connectivity index (χ1n) is 5.86. The molecule has 0 spiro atoms. The highest BCUT2D eigenvalue weighted by Crippen LogP contribution is 2.34. The summed E-state index contributed by atoms with van der Waals surface area (Å²) >= 11 is 5.96. The zero-order valence-electron chi connectivity index (χ0n) is 10.1. The molecular weight excluding hydrogens is 281 g/mol. The minimum atomic E-state index is -4.26. The summed E-state index contributed by atoms with van der Waals surface area (Å²) in [6, 6.07) is 2.51. The first kappa shape index (κ1) is 14.4. The summed E-state index contributed by atoms with van der Waals surface area (Å²) in [4.78, 5) is 0. The minimum Gasteiger partial charge on any atom is -0.493 e. The van der Waals surface area contributed by atoms with Crippen LogP contribution in [0.25, 0.3) is 0 Å². The molecule has 1 aromatic carbocycles. The molecule has 1 aliphatic rings. The summed E-state index contributed by atoms with van der Waals surface area (Å²) < 4.78 is 42.6. The van der Waals surface area contributed by atoms with Crippen molar-refractivity contribution in [1.29, 1.82) is 0 Å². The van der Waals surface area contributed by atoms with Crippen molar-refractivity contribution >= 4 is 11.6 Å². The first-order chi connectivity index (χ1) is 8.89. The molecule has 0 amide bonds. The van der Waals surface area contributed by atoms with Crippen LogP contribution in [0.4, 0.5) is 13.2 Å². The molecule has 0 aromatic heterocycles. The second-order valence-electron chi connectivity index (χ2n) is 4.54. The molecule has 1 unspecified atom stereocenters. The van der Waals surface area contributed by atoms with Crippen molar-refractivity contribution < 1.29 is 17.9 Å². The Hall–Kier alpha value is -0.980. The predicted molar refractivity (Wildman–Crippen MR) is 66.1 cm³/mol. The van der Waals surface area contributed by atoms with Crippen LogP contribution in [0.15, 0.2) is 12.1 Å². The number of hydrogen-bond acceptors (Lipinski definition) is 3. The molecule has 0 saturated carbocycles. The normalized spacial score (nSPS) is 16.1. The Morgan fingerprint density at radius 1 is 1.42 bits per heavy atom. The molecule has 1 aromatic rings. The van der Waals surface area contributed by atoms with Gasteiger partial charge in [-0.15, -0.1) is 0 Å². The number of alkyl halides is 3. The fraction of sp³-hybridized carbons (Fsp3) is 0.500. The van der Waals surface area contributed by atoms with E-state index in [1.54, 1.807) is 12.1 Å². The monoisotopic (exact) mass is 294 g/mol. The van der Waals surface area contributed by atoms with E-state index in [1.165, 1.54) is 0 Å². The maximum atomic E-state index is 12.4. The van der Waals surface area contributed by atoms with Crippen molar-refractivity contribution in [2.75, 3.05) is 6.61 Å². The van der Waals surface area contributed by atoms with Crippen molar-refractivity contribution in [2.45, 2.75) is 31.5 Å². The Morgan fingerprint density at radius 2 is 2.16 bits per heavy atom. The van der Waals surface area contributed by atoms with Gasteiger partial charge in [-0.25, -0.2) is 0 Å². The summed E-state index contributed by atoms with van der Waals surface area (Å²) in [5.41, 5.74) is 3.79. The Labute approximate surface area is 113 Å². The molecule has 2 rings (SSSR count). The van der Waals surface area contributed by atoms with Crippen molar-refractivity contribution in [3.63, 3.8) is 0 Å². The van der Waals surface area contributed by atoms with E-state index in [-0.39, 0.29) is 6.42 Å². The van der Waals surface area contributed by atoms with Crippen LogP contribution in [0.1, 0.15) is 17.5 Å². The van der Waals surface area contributed by atoms with Crippen molar-refractivity contribution in [1.82, 2.24) is 5.43 Å². The number of nitrogens with two attached hydrogens (primary N) is 1. The highest BCUT2D eigenvalue weighted by atomic mass is 35.5. The van der Waals surface area contributed by atoms with Crippen LogP contribution in [0.3, 0.4) is 0 Å². The smallest absolute Gasteiger partial charge is 0.390 e. The molecule has 3 nitrogen and oxygen atoms in total. The highest BCUT2D eigenvalue weighted by molar-refractivity contribution is 6.30. The third kappa shape index (κ3) is 3.75. The van der Waals surface area contributed by atoms with E-state index in [0.29, 0.717) is 22.9 Å². The molecule has 7 heteroatoms. The Bertz CT molecular complexity index is 465. The van der Waals surface area contributed by atoms with Crippen molar-refractivity contribution in [3.05, 3.63) is 28.3 Å². The molecule has 0 saturated heterocycles. The summed E-state index contributed by atoms with van der Waals surface area (Å²) in [7, 11) is 0. The molecule has 0 aliphatic carbocycles. The van der Waals surface area contributed by atoms with Crippen LogP contribution >= 0.6 is 11.6 Å². The molecule has 1 aliphatic heterocycles. The lowest BCUT2D eigenvalue weighted by Crippen LogP contribution is -2.40. The van der Waals surface area contributed by atoms with Crippen molar-refractivity contribution in [2.24, 2.45) is 5.84 Å². The van der Waals surface area contributed by atoms with Crippen LogP contribution < -0.4 is 16.0 Å². The number of rotatable bonds is 4. The number of hydrogen-bond donors (Lipinski definition) is 2. The Balaban J connectivity index is 2.18. The van der Waals surface area contributed by atoms with E-state index < -0.39 is 18.6 Å². The number of ether oxygens (including phenoxy) is 1. The third-order valence-electron chi connectivity index (χ3n) is 3.01. The average Bonchev–Trinajstić information content (AvgIpc) is 2.74. The number of nitrogens with one attached hydrogen (secondary N) is 1. The zero-order chi connectivity index (χ0) is 14.0. The van der Waals surface area contributed by atoms with Gasteiger partial charge in [0.25, 0.3) is 0 Å². The summed E-state index contributed by atoms with van der Waals surface area (Å²) in [6.45, 7) is 0.530. The van der Waals surface area contributed by atoms with Gasteiger partial charge in [-0.05, 0) is 29.7 Å². The van der Waals surface area contributed by atoms with Gasteiger partial charge in [0.15, 0.2) is 0 Å². The molecule has 1 atom stereocenters. The fourth-order valence-electron chi connectivity index (χ4n) is 2.23. The van der Waals surface area contributed by atoms with E-state index in [4.69, 9.17) is 22.2 Å². The molecule has 0 radical (unpaired) electrons. The summed E-state index contributed by atoms with van der Waals surface area (Å²) in [5, 5.41) is 0.502. The highest BCUT2D eigenvalue weighted by Gasteiger charge is 2.32. The molecule has 106 valence electrons. The summed E-state index contributed by atoms with van der Waals surface area (Å²) in [6.07, 6.45) is -4.41. The quantitative estimate of drug-likeness (QED) is 0.663. The Morgan fingerprint density at radius 3 is 2.79 bits per heavy atom. The van der Waals surface area contributed by atoms with Gasteiger partial charge in [-0.2, -0.15) is 13.2 Å². The fourth-order valence-corrected chi connectivity index (χ4v) is 2.50. The number of hydrazine groups is 1. The molecule has 0 bridgehead atoms. The second kappa shape index (κ2) is 5.56. The molecular formula is C12H14ClF3N2O. The van der Waals surface area contributed by atoms with E-state index >= 15 is 0 Å². The molecule has 0 fully saturated rings. The lowest BCUT2D eigenvalue weighted by Gasteiger charge is -2.19. The minimum absolute atomic E-state index is 0.124. The van der Waals surface area contributed by atoms with Crippen LogP contribution in [0.5, 0.6) is 5.75 Å². The standard InChI is InChI=1S/C12H14ClF3N2O/c13-9-3-7-1-2-19-11(7)8(4-9)5-10(18-17)6-12(14,15)16/h3-4,10,18H,1-2,5-6,17H2. The van der Waals surface area contributed by atoms with E-state index in [2.05, 4.69) is 5.43 Å². The first-order valence-corrected chi connectivity index (χ1v) is 6.24. The van der Waals surface area contributed by atoms with Gasteiger partial charge in [0, 0.05) is 17.5 Å². The molecule has 1 heterocycles. The number of halogens is 4. The lowest BCUT2D eigenvalue weighted by atomic mass is 10.00. The van der Waals surface area contributed by atoms with Crippen LogP contribution in [-0.4, -0.2) is 18.8 Å². The zero-order valence-corrected chi connectivity index (χ0v) is 10.8. The average molecular weight is 295 g/mol. The topological polar surface area (TPSA) is 47.3 Å². The molecule has 19 heavy (non-hydrogen) atoms. The van der Waals surface area contributed by atoms with Crippen LogP contribution in [0.2, 0.25) is 5.02 Å². The van der Waals surface area contributed by atoms with Gasteiger partial charge in [0.2, 0.25) is 0 Å². The molecule has 3 N–H and O–H groups in total. The maximum absolute atomic E-state index is 12.4. The van der Waals surface area contributed by atoms with Gasteiger partial charge in [-0.3, -0.25) is 11.3 Å². The van der Waals surface area contributed by atoms with Crippen LogP contribution in [-0.2, 0) is 12.8 Å². The number of benzene rings is 1. The van der Waals surface area contributed by atoms with Gasteiger partial charge < -0.3 is 4.74 Å². The second-order valence-corrected chi connectivity index (χ2v) is 4.98. The van der Waals surface area contributed by atoms with Crippen molar-refractivity contribution in [3.8, 4) is 5.75 Å². The largest absolute Gasteiger partial charge is 0.493 e. The lowest BCUT2D eigenvalue weighted by molar-refractivity contribution is -0.140. The summed E-state index contributed by atoms with van der Waals surface area (Å²) in [5.74, 6) is 5.83. The van der Waals surface area contributed by atoms with E-state index in [1.807, 2.05) is 0 Å². The van der Waals surface area contributed by atoms with Gasteiger partial charge >= 0.3 is 6.18 Å². The van der Waals surface area contributed by atoms with Gasteiger partial charge in [0.1, 0.15) is 5.75 Å². The van der Waals surface area contributed by atoms with E-state index in [0.717, 1.165) is 12.0 Å². The third-order valence-corrected chi connectivity index (χ3v) is 3.22. The Kier molecular flexibility index (Phi) is 4.23. The predicted octanol–water partition coefficient (Wildman–Crippen LogP) is 2.60. The van der Waals surface area contributed by atoms with Crippen LogP contribution in [0, 0.1) is 0 Å². The SMILES string of the molecule is NNC(Cc1cc(Cl)cc2c1OCC2)CC(F)(F)F. The van der Waals surface area contributed by atoms with E-state index in [9.17, 15) is 13.2 Å². The maximum Gasteiger partial charge on any atom is 0.390 e.